The second kappa shape index (κ2) is 4.39. The van der Waals surface area contributed by atoms with Crippen molar-refractivity contribution in [2.45, 2.75) is 13.0 Å². The first kappa shape index (κ1) is 9.44. The lowest BCUT2D eigenvalue weighted by atomic mass is 10.3. The topological polar surface area (TPSA) is 67.6 Å². The second-order valence-corrected chi connectivity index (χ2v) is 2.85. The quantitative estimate of drug-likeness (QED) is 0.556. The zero-order chi connectivity index (χ0) is 8.97. The number of hydrogen-bond donors (Lipinski definition) is 2. The summed E-state index contributed by atoms with van der Waals surface area (Å²) in [7, 11) is 0. The largest absolute Gasteiger partial charge is 0.379 e. The number of rotatable bonds is 3. The van der Waals surface area contributed by atoms with Crippen LogP contribution in [0.5, 0.6) is 0 Å². The fourth-order valence-corrected chi connectivity index (χ4v) is 1.03. The van der Waals surface area contributed by atoms with E-state index in [9.17, 15) is 4.79 Å². The van der Waals surface area contributed by atoms with Crippen LogP contribution in [0.1, 0.15) is 6.92 Å². The van der Waals surface area contributed by atoms with E-state index in [1.165, 1.54) is 0 Å². The van der Waals surface area contributed by atoms with Gasteiger partial charge in [-0.15, -0.1) is 0 Å². The summed E-state index contributed by atoms with van der Waals surface area (Å²) in [6, 6.07) is -0.303. The number of hydrogen-bond acceptors (Lipinski definition) is 4. The number of hydrazine groups is 1. The van der Waals surface area contributed by atoms with Crippen molar-refractivity contribution >= 4 is 5.91 Å². The summed E-state index contributed by atoms with van der Waals surface area (Å²) >= 11 is 0. The molecule has 0 bridgehead atoms. The van der Waals surface area contributed by atoms with Crippen LogP contribution in [-0.2, 0) is 9.53 Å². The van der Waals surface area contributed by atoms with Gasteiger partial charge in [0.15, 0.2) is 0 Å². The third kappa shape index (κ3) is 2.77. The van der Waals surface area contributed by atoms with Gasteiger partial charge < -0.3 is 10.5 Å². The Morgan fingerprint density at radius 1 is 1.58 bits per heavy atom. The van der Waals surface area contributed by atoms with E-state index >= 15 is 0 Å². The van der Waals surface area contributed by atoms with E-state index < -0.39 is 0 Å². The Morgan fingerprint density at radius 2 is 2.17 bits per heavy atom. The smallest absolute Gasteiger partial charge is 0.235 e. The molecule has 12 heavy (non-hydrogen) atoms. The average Bonchev–Trinajstić information content (AvgIpc) is 2.06. The summed E-state index contributed by atoms with van der Waals surface area (Å²) in [5.74, 6) is -0.332. The minimum absolute atomic E-state index is 0.303. The van der Waals surface area contributed by atoms with Crippen molar-refractivity contribution < 1.29 is 9.53 Å². The number of nitrogens with one attached hydrogen (secondary N) is 1. The molecular formula is C7H15N3O2. The highest BCUT2D eigenvalue weighted by Gasteiger charge is 2.15. The first-order valence-corrected chi connectivity index (χ1v) is 4.08. The summed E-state index contributed by atoms with van der Waals surface area (Å²) < 4.78 is 5.14. The van der Waals surface area contributed by atoms with E-state index in [-0.39, 0.29) is 11.9 Å². The lowest BCUT2D eigenvalue weighted by Crippen LogP contribution is -2.53. The molecule has 1 heterocycles. The van der Waals surface area contributed by atoms with Crippen molar-refractivity contribution in [2.24, 2.45) is 5.73 Å². The summed E-state index contributed by atoms with van der Waals surface area (Å²) in [6.45, 7) is 4.77. The molecule has 0 spiro atoms. The number of primary amides is 1. The molecule has 0 aromatic heterocycles. The van der Waals surface area contributed by atoms with Crippen molar-refractivity contribution in [1.82, 2.24) is 10.4 Å². The van der Waals surface area contributed by atoms with Crippen molar-refractivity contribution in [2.75, 3.05) is 26.3 Å². The van der Waals surface area contributed by atoms with Gasteiger partial charge in [0.25, 0.3) is 0 Å². The Balaban J connectivity index is 2.24. The average molecular weight is 173 g/mol. The molecule has 1 aliphatic rings. The maximum atomic E-state index is 10.7. The summed E-state index contributed by atoms with van der Waals surface area (Å²) in [6.07, 6.45) is 0. The van der Waals surface area contributed by atoms with Crippen molar-refractivity contribution in [1.29, 1.82) is 0 Å². The number of nitrogens with two attached hydrogens (primary N) is 1. The van der Waals surface area contributed by atoms with Gasteiger partial charge in [0.05, 0.1) is 19.3 Å². The monoisotopic (exact) mass is 173 g/mol. The van der Waals surface area contributed by atoms with E-state index in [1.807, 2.05) is 5.01 Å². The molecule has 3 N–H and O–H groups in total. The van der Waals surface area contributed by atoms with Crippen LogP contribution in [0, 0.1) is 0 Å². The van der Waals surface area contributed by atoms with E-state index in [2.05, 4.69) is 5.43 Å². The van der Waals surface area contributed by atoms with E-state index in [1.54, 1.807) is 6.92 Å². The van der Waals surface area contributed by atoms with Crippen molar-refractivity contribution in [3.63, 3.8) is 0 Å². The lowest BCUT2D eigenvalue weighted by Gasteiger charge is -2.29. The highest BCUT2D eigenvalue weighted by Crippen LogP contribution is 1.93. The van der Waals surface area contributed by atoms with E-state index in [0.29, 0.717) is 13.2 Å². The zero-order valence-electron chi connectivity index (χ0n) is 7.25. The highest BCUT2D eigenvalue weighted by molar-refractivity contribution is 5.79. The standard InChI is InChI=1S/C7H15N3O2/c1-6(7(8)11)9-10-2-4-12-5-3-10/h6,9H,2-5H2,1H3,(H2,8,11). The molecule has 1 atom stereocenters. The van der Waals surface area contributed by atoms with Crippen LogP contribution < -0.4 is 11.2 Å². The van der Waals surface area contributed by atoms with Crippen LogP contribution in [0.2, 0.25) is 0 Å². The van der Waals surface area contributed by atoms with Gasteiger partial charge in [-0.05, 0) is 6.92 Å². The number of ether oxygens (including phenoxy) is 1. The van der Waals surface area contributed by atoms with Crippen LogP contribution in [0.25, 0.3) is 0 Å². The molecule has 0 radical (unpaired) electrons. The number of morpholine rings is 1. The van der Waals surface area contributed by atoms with Gasteiger partial charge in [-0.3, -0.25) is 4.79 Å². The molecule has 1 amide bonds. The second-order valence-electron chi connectivity index (χ2n) is 2.85. The number of carbonyl (C=O) groups excluding carboxylic acids is 1. The van der Waals surface area contributed by atoms with Gasteiger partial charge in [0.2, 0.25) is 5.91 Å². The fraction of sp³-hybridized carbons (Fsp3) is 0.857. The minimum atomic E-state index is -0.332. The fourth-order valence-electron chi connectivity index (χ4n) is 1.03. The van der Waals surface area contributed by atoms with Gasteiger partial charge in [0.1, 0.15) is 0 Å². The minimum Gasteiger partial charge on any atom is -0.379 e. The van der Waals surface area contributed by atoms with Gasteiger partial charge in [-0.1, -0.05) is 0 Å². The molecule has 0 saturated carbocycles. The van der Waals surface area contributed by atoms with Gasteiger partial charge >= 0.3 is 0 Å². The first-order chi connectivity index (χ1) is 5.70. The van der Waals surface area contributed by atoms with E-state index in [4.69, 9.17) is 10.5 Å². The molecule has 1 saturated heterocycles. The third-order valence-corrected chi connectivity index (χ3v) is 1.81. The molecule has 1 fully saturated rings. The maximum absolute atomic E-state index is 10.7. The maximum Gasteiger partial charge on any atom is 0.235 e. The van der Waals surface area contributed by atoms with Gasteiger partial charge in [0, 0.05) is 13.1 Å². The normalized spacial score (nSPS) is 22.1. The summed E-state index contributed by atoms with van der Waals surface area (Å²) in [4.78, 5) is 10.7. The highest BCUT2D eigenvalue weighted by atomic mass is 16.5. The Morgan fingerprint density at radius 3 is 2.67 bits per heavy atom. The predicted molar refractivity (Wildman–Crippen MR) is 44.2 cm³/mol. The molecule has 0 aromatic rings. The molecule has 70 valence electrons. The van der Waals surface area contributed by atoms with Crippen LogP contribution in [-0.4, -0.2) is 43.3 Å². The molecule has 0 aromatic carbocycles. The van der Waals surface area contributed by atoms with E-state index in [0.717, 1.165) is 13.1 Å². The van der Waals surface area contributed by atoms with Crippen molar-refractivity contribution in [3.8, 4) is 0 Å². The molecule has 5 heteroatoms. The Hall–Kier alpha value is -0.650. The number of nitrogens with zero attached hydrogens (tertiary/aromatic N) is 1. The summed E-state index contributed by atoms with van der Waals surface area (Å²) in [5.41, 5.74) is 8.09. The Kier molecular flexibility index (Phi) is 3.46. The molecular weight excluding hydrogens is 158 g/mol. The molecule has 1 unspecified atom stereocenters. The number of carbonyl (C=O) groups is 1. The molecule has 1 aliphatic heterocycles. The zero-order valence-corrected chi connectivity index (χ0v) is 7.25. The first-order valence-electron chi connectivity index (χ1n) is 4.08. The van der Waals surface area contributed by atoms with Crippen LogP contribution >= 0.6 is 0 Å². The predicted octanol–water partition coefficient (Wildman–Crippen LogP) is -1.30. The van der Waals surface area contributed by atoms with Gasteiger partial charge in [-0.2, -0.15) is 0 Å². The molecule has 1 rings (SSSR count). The third-order valence-electron chi connectivity index (χ3n) is 1.81. The van der Waals surface area contributed by atoms with Crippen molar-refractivity contribution in [3.05, 3.63) is 0 Å². The molecule has 5 nitrogen and oxygen atoms in total. The van der Waals surface area contributed by atoms with Crippen LogP contribution in [0.4, 0.5) is 0 Å². The summed E-state index contributed by atoms with van der Waals surface area (Å²) in [5, 5.41) is 1.96. The Bertz CT molecular complexity index is 157. The van der Waals surface area contributed by atoms with Gasteiger partial charge in [-0.25, -0.2) is 10.4 Å². The SMILES string of the molecule is CC(NN1CCOCC1)C(N)=O. The molecule has 0 aliphatic carbocycles. The number of amides is 1. The Labute approximate surface area is 71.8 Å². The van der Waals surface area contributed by atoms with Crippen LogP contribution in [0.3, 0.4) is 0 Å². The van der Waals surface area contributed by atoms with Crippen LogP contribution in [0.15, 0.2) is 0 Å². The lowest BCUT2D eigenvalue weighted by molar-refractivity contribution is -0.121.